The molecule has 0 saturated carbocycles. The predicted octanol–water partition coefficient (Wildman–Crippen LogP) is 2.92. The first kappa shape index (κ1) is 16.1. The quantitative estimate of drug-likeness (QED) is 0.944. The van der Waals surface area contributed by atoms with E-state index in [1.165, 1.54) is 0 Å². The Morgan fingerprint density at radius 3 is 2.79 bits per heavy atom. The number of ether oxygens (including phenoxy) is 1. The zero-order chi connectivity index (χ0) is 17.3. The molecule has 2 aromatic carbocycles. The first-order valence-corrected chi connectivity index (χ1v) is 7.88. The largest absolute Gasteiger partial charge is 0.479 e. The Morgan fingerprint density at radius 1 is 1.25 bits per heavy atom. The number of benzene rings is 2. The first-order chi connectivity index (χ1) is 11.4. The van der Waals surface area contributed by atoms with Crippen LogP contribution in [-0.2, 0) is 16.0 Å². The summed E-state index contributed by atoms with van der Waals surface area (Å²) >= 11 is 0. The van der Waals surface area contributed by atoms with Gasteiger partial charge in [-0.15, -0.1) is 0 Å². The van der Waals surface area contributed by atoms with E-state index in [0.717, 1.165) is 16.8 Å². The van der Waals surface area contributed by atoms with E-state index in [0.29, 0.717) is 11.4 Å². The third-order valence-electron chi connectivity index (χ3n) is 4.03. The molecule has 2 amide bonds. The number of nitrogens with one attached hydrogen (secondary N) is 1. The van der Waals surface area contributed by atoms with E-state index < -0.39 is 6.10 Å². The number of carbonyl (C=O) groups is 2. The van der Waals surface area contributed by atoms with Crippen molar-refractivity contribution in [2.75, 3.05) is 17.3 Å². The van der Waals surface area contributed by atoms with Crippen molar-refractivity contribution in [3.05, 3.63) is 53.6 Å². The smallest absolute Gasteiger partial charge is 0.267 e. The Bertz CT molecular complexity index is 801. The molecule has 0 saturated heterocycles. The van der Waals surface area contributed by atoms with E-state index in [9.17, 15) is 9.59 Å². The fraction of sp³-hybridized carbons (Fsp3) is 0.263. The number of nitrogens with zero attached hydrogens (tertiary/aromatic N) is 1. The van der Waals surface area contributed by atoms with Gasteiger partial charge in [-0.2, -0.15) is 0 Å². The van der Waals surface area contributed by atoms with Crippen molar-refractivity contribution in [3.8, 4) is 5.75 Å². The number of anilines is 2. The van der Waals surface area contributed by atoms with Crippen LogP contribution in [-0.4, -0.2) is 25.0 Å². The Balaban J connectivity index is 1.74. The molecule has 1 atom stereocenters. The Kier molecular flexibility index (Phi) is 4.25. The van der Waals surface area contributed by atoms with Gasteiger partial charge in [0.05, 0.1) is 12.1 Å². The minimum atomic E-state index is -0.488. The number of likely N-dealkylation sites (N-methyl/N-ethyl adjacent to an activating group) is 1. The highest BCUT2D eigenvalue weighted by molar-refractivity contribution is 5.99. The molecule has 1 aliphatic heterocycles. The summed E-state index contributed by atoms with van der Waals surface area (Å²) in [4.78, 5) is 25.8. The normalized spacial score (nSPS) is 16.4. The number of aryl methyl sites for hydroxylation is 1. The number of hydrogen-bond acceptors (Lipinski definition) is 3. The summed E-state index contributed by atoms with van der Waals surface area (Å²) in [5.74, 6) is 0.468. The lowest BCUT2D eigenvalue weighted by molar-refractivity contribution is -0.125. The van der Waals surface area contributed by atoms with E-state index in [1.54, 1.807) is 18.9 Å². The molecular formula is C19H20N2O3. The van der Waals surface area contributed by atoms with Gasteiger partial charge >= 0.3 is 0 Å². The van der Waals surface area contributed by atoms with Gasteiger partial charge in [-0.05, 0) is 49.2 Å². The van der Waals surface area contributed by atoms with Gasteiger partial charge in [0.25, 0.3) is 5.91 Å². The van der Waals surface area contributed by atoms with Crippen molar-refractivity contribution < 1.29 is 14.3 Å². The molecular weight excluding hydrogens is 304 g/mol. The van der Waals surface area contributed by atoms with Crippen molar-refractivity contribution in [1.29, 1.82) is 0 Å². The highest BCUT2D eigenvalue weighted by Gasteiger charge is 2.28. The summed E-state index contributed by atoms with van der Waals surface area (Å²) in [6.45, 7) is 3.71. The Morgan fingerprint density at radius 2 is 2.04 bits per heavy atom. The van der Waals surface area contributed by atoms with E-state index in [2.05, 4.69) is 5.32 Å². The molecule has 5 heteroatoms. The van der Waals surface area contributed by atoms with Crippen molar-refractivity contribution in [2.45, 2.75) is 26.4 Å². The van der Waals surface area contributed by atoms with Crippen LogP contribution >= 0.6 is 0 Å². The molecule has 0 spiro atoms. The zero-order valence-electron chi connectivity index (χ0n) is 14.0. The number of hydrogen-bond donors (Lipinski definition) is 1. The third-order valence-corrected chi connectivity index (χ3v) is 4.03. The molecule has 3 rings (SSSR count). The second kappa shape index (κ2) is 6.35. The summed E-state index contributed by atoms with van der Waals surface area (Å²) in [6.07, 6.45) is -0.253. The lowest BCUT2D eigenvalue weighted by Gasteiger charge is -2.30. The lowest BCUT2D eigenvalue weighted by Crippen LogP contribution is -2.42. The molecule has 0 radical (unpaired) electrons. The van der Waals surface area contributed by atoms with Crippen LogP contribution in [0.25, 0.3) is 0 Å². The van der Waals surface area contributed by atoms with E-state index in [4.69, 9.17) is 4.74 Å². The molecule has 0 aromatic heterocycles. The number of amides is 2. The maximum atomic E-state index is 12.2. The van der Waals surface area contributed by atoms with E-state index in [1.807, 2.05) is 49.4 Å². The zero-order valence-corrected chi connectivity index (χ0v) is 14.0. The fourth-order valence-corrected chi connectivity index (χ4v) is 2.78. The van der Waals surface area contributed by atoms with Gasteiger partial charge in [-0.25, -0.2) is 0 Å². The van der Waals surface area contributed by atoms with Crippen LogP contribution in [0.15, 0.2) is 42.5 Å². The average molecular weight is 324 g/mol. The van der Waals surface area contributed by atoms with Crippen LogP contribution in [0, 0.1) is 6.92 Å². The van der Waals surface area contributed by atoms with Gasteiger partial charge in [0.2, 0.25) is 5.91 Å². The molecule has 1 aliphatic rings. The minimum absolute atomic E-state index is 0.0936. The molecule has 0 aliphatic carbocycles. The van der Waals surface area contributed by atoms with Gasteiger partial charge < -0.3 is 15.0 Å². The van der Waals surface area contributed by atoms with Gasteiger partial charge in [0.15, 0.2) is 6.10 Å². The predicted molar refractivity (Wildman–Crippen MR) is 93.5 cm³/mol. The number of fused-ring (bicyclic) bond motifs is 1. The van der Waals surface area contributed by atoms with Gasteiger partial charge in [-0.1, -0.05) is 18.2 Å². The summed E-state index contributed by atoms with van der Waals surface area (Å²) < 4.78 is 5.59. The van der Waals surface area contributed by atoms with Crippen LogP contribution in [0.2, 0.25) is 0 Å². The third kappa shape index (κ3) is 3.25. The molecule has 124 valence electrons. The molecule has 0 bridgehead atoms. The second-order valence-corrected chi connectivity index (χ2v) is 6.05. The molecule has 0 fully saturated rings. The summed E-state index contributed by atoms with van der Waals surface area (Å²) in [7, 11) is 1.72. The first-order valence-electron chi connectivity index (χ1n) is 7.88. The van der Waals surface area contributed by atoms with Crippen LogP contribution < -0.4 is 15.0 Å². The molecule has 1 heterocycles. The maximum Gasteiger partial charge on any atom is 0.267 e. The monoisotopic (exact) mass is 324 g/mol. The molecule has 2 aromatic rings. The summed E-state index contributed by atoms with van der Waals surface area (Å²) in [5.41, 5.74) is 3.39. The van der Waals surface area contributed by atoms with Crippen LogP contribution in [0.4, 0.5) is 11.4 Å². The minimum Gasteiger partial charge on any atom is -0.479 e. The summed E-state index contributed by atoms with van der Waals surface area (Å²) in [5, 5.41) is 2.89. The van der Waals surface area contributed by atoms with Crippen molar-refractivity contribution >= 4 is 23.2 Å². The summed E-state index contributed by atoms with van der Waals surface area (Å²) in [6, 6.07) is 13.2. The molecule has 24 heavy (non-hydrogen) atoms. The van der Waals surface area contributed by atoms with Gasteiger partial charge in [0, 0.05) is 12.7 Å². The maximum absolute atomic E-state index is 12.2. The van der Waals surface area contributed by atoms with Crippen molar-refractivity contribution in [2.24, 2.45) is 0 Å². The van der Waals surface area contributed by atoms with E-state index in [-0.39, 0.29) is 18.2 Å². The fourth-order valence-electron chi connectivity index (χ4n) is 2.78. The lowest BCUT2D eigenvalue weighted by atomic mass is 10.1. The van der Waals surface area contributed by atoms with Crippen molar-refractivity contribution in [1.82, 2.24) is 0 Å². The molecule has 1 unspecified atom stereocenters. The van der Waals surface area contributed by atoms with E-state index >= 15 is 0 Å². The van der Waals surface area contributed by atoms with Crippen LogP contribution in [0.3, 0.4) is 0 Å². The second-order valence-electron chi connectivity index (χ2n) is 6.05. The molecule has 5 nitrogen and oxygen atoms in total. The van der Waals surface area contributed by atoms with Crippen LogP contribution in [0.1, 0.15) is 18.1 Å². The Labute approximate surface area is 141 Å². The number of rotatable bonds is 3. The SMILES string of the molecule is Cc1cccc(NC(=O)Cc2ccc3c(c2)N(C)C(=O)C(C)O3)c1. The van der Waals surface area contributed by atoms with Crippen molar-refractivity contribution in [3.63, 3.8) is 0 Å². The average Bonchev–Trinajstić information content (AvgIpc) is 2.53. The topological polar surface area (TPSA) is 58.6 Å². The number of carbonyl (C=O) groups excluding carboxylic acids is 2. The van der Waals surface area contributed by atoms with Crippen LogP contribution in [0.5, 0.6) is 5.75 Å². The molecule has 1 N–H and O–H groups in total. The highest BCUT2D eigenvalue weighted by atomic mass is 16.5. The van der Waals surface area contributed by atoms with Gasteiger partial charge in [0.1, 0.15) is 5.75 Å². The highest BCUT2D eigenvalue weighted by Crippen LogP contribution is 2.34. The standard InChI is InChI=1S/C19H20N2O3/c1-12-5-4-6-15(9-12)20-18(22)11-14-7-8-17-16(10-14)21(3)19(23)13(2)24-17/h4-10,13H,11H2,1-3H3,(H,20,22). The Hall–Kier alpha value is -2.82. The van der Waals surface area contributed by atoms with Gasteiger partial charge in [-0.3, -0.25) is 9.59 Å².